The van der Waals surface area contributed by atoms with Crippen molar-refractivity contribution in [1.82, 2.24) is 9.88 Å². The van der Waals surface area contributed by atoms with Crippen molar-refractivity contribution in [2.24, 2.45) is 0 Å². The van der Waals surface area contributed by atoms with Gasteiger partial charge in [-0.25, -0.2) is 4.79 Å². The minimum Gasteiger partial charge on any atom is -0.480 e. The van der Waals surface area contributed by atoms with Crippen molar-refractivity contribution in [2.75, 3.05) is 19.8 Å². The molecule has 0 unspecified atom stereocenters. The van der Waals surface area contributed by atoms with E-state index in [0.717, 1.165) is 22.0 Å². The first kappa shape index (κ1) is 14.6. The highest BCUT2D eigenvalue weighted by molar-refractivity contribution is 5.91. The minimum absolute atomic E-state index is 0.0497. The normalized spacial score (nSPS) is 18.6. The molecule has 0 bridgehead atoms. The van der Waals surface area contributed by atoms with Gasteiger partial charge in [-0.2, -0.15) is 0 Å². The van der Waals surface area contributed by atoms with Crippen LogP contribution in [0.4, 0.5) is 0 Å². The molecule has 1 saturated heterocycles. The van der Waals surface area contributed by atoms with Crippen molar-refractivity contribution < 1.29 is 19.4 Å². The zero-order valence-corrected chi connectivity index (χ0v) is 12.3. The maximum atomic E-state index is 12.5. The number of aromatic nitrogens is 1. The predicted molar refractivity (Wildman–Crippen MR) is 80.7 cm³/mol. The summed E-state index contributed by atoms with van der Waals surface area (Å²) in [4.78, 5) is 28.3. The molecule has 3 rings (SSSR count). The predicted octanol–water partition coefficient (Wildman–Crippen LogP) is 1.33. The van der Waals surface area contributed by atoms with Crippen LogP contribution in [0.1, 0.15) is 11.1 Å². The highest BCUT2D eigenvalue weighted by Gasteiger charge is 2.32. The van der Waals surface area contributed by atoms with E-state index < -0.39 is 12.0 Å². The van der Waals surface area contributed by atoms with Gasteiger partial charge in [0.05, 0.1) is 19.6 Å². The Bertz CT molecular complexity index is 722. The number of amides is 1. The average molecular weight is 302 g/mol. The Balaban J connectivity index is 1.83. The fraction of sp³-hybridized carbons (Fsp3) is 0.375. The van der Waals surface area contributed by atoms with Gasteiger partial charge in [0.25, 0.3) is 0 Å². The zero-order valence-electron chi connectivity index (χ0n) is 12.3. The monoisotopic (exact) mass is 302 g/mol. The number of benzene rings is 1. The van der Waals surface area contributed by atoms with Gasteiger partial charge in [0.15, 0.2) is 6.04 Å². The van der Waals surface area contributed by atoms with Crippen molar-refractivity contribution in [3.05, 3.63) is 35.5 Å². The van der Waals surface area contributed by atoms with E-state index in [1.807, 2.05) is 31.3 Å². The molecule has 116 valence electrons. The largest absolute Gasteiger partial charge is 0.480 e. The Morgan fingerprint density at radius 2 is 2.27 bits per heavy atom. The summed E-state index contributed by atoms with van der Waals surface area (Å²) in [6, 6.07) is 5.03. The number of rotatable bonds is 3. The second kappa shape index (κ2) is 5.81. The molecule has 2 heterocycles. The van der Waals surface area contributed by atoms with E-state index in [4.69, 9.17) is 4.74 Å². The lowest BCUT2D eigenvalue weighted by Crippen LogP contribution is -2.53. The topological polar surface area (TPSA) is 82.6 Å². The molecule has 0 saturated carbocycles. The van der Waals surface area contributed by atoms with Crippen molar-refractivity contribution in [3.8, 4) is 0 Å². The highest BCUT2D eigenvalue weighted by atomic mass is 16.5. The molecule has 1 aromatic heterocycles. The second-order valence-electron chi connectivity index (χ2n) is 5.50. The minimum atomic E-state index is -1.03. The number of morpholine rings is 1. The third-order valence-corrected chi connectivity index (χ3v) is 4.09. The van der Waals surface area contributed by atoms with Crippen molar-refractivity contribution in [3.63, 3.8) is 0 Å². The van der Waals surface area contributed by atoms with Crippen LogP contribution < -0.4 is 0 Å². The molecule has 6 heteroatoms. The van der Waals surface area contributed by atoms with Crippen molar-refractivity contribution >= 4 is 22.8 Å². The van der Waals surface area contributed by atoms with Crippen molar-refractivity contribution in [2.45, 2.75) is 19.4 Å². The second-order valence-corrected chi connectivity index (χ2v) is 5.50. The fourth-order valence-electron chi connectivity index (χ4n) is 2.88. The van der Waals surface area contributed by atoms with Crippen LogP contribution in [0.5, 0.6) is 0 Å². The number of carboxylic acids is 1. The molecule has 0 spiro atoms. The SMILES string of the molecule is Cc1cccc2c(CC(=O)N3CCOC[C@H]3C(=O)O)c[nH]c12. The van der Waals surface area contributed by atoms with Gasteiger partial charge in [0.2, 0.25) is 5.91 Å². The number of carbonyl (C=O) groups is 2. The first-order valence-corrected chi connectivity index (χ1v) is 7.23. The number of aromatic amines is 1. The summed E-state index contributed by atoms with van der Waals surface area (Å²) < 4.78 is 5.16. The number of carbonyl (C=O) groups excluding carboxylic acids is 1. The average Bonchev–Trinajstić information content (AvgIpc) is 2.92. The number of nitrogens with zero attached hydrogens (tertiary/aromatic N) is 1. The summed E-state index contributed by atoms with van der Waals surface area (Å²) in [5.41, 5.74) is 3.02. The molecule has 0 radical (unpaired) electrons. The van der Waals surface area contributed by atoms with Crippen LogP contribution in [-0.2, 0) is 20.7 Å². The van der Waals surface area contributed by atoms with E-state index >= 15 is 0 Å². The number of hydrogen-bond donors (Lipinski definition) is 2. The molecule has 0 aliphatic carbocycles. The summed E-state index contributed by atoms with van der Waals surface area (Å²) in [5.74, 6) is -1.21. The van der Waals surface area contributed by atoms with E-state index in [1.54, 1.807) is 0 Å². The summed E-state index contributed by atoms with van der Waals surface area (Å²) >= 11 is 0. The van der Waals surface area contributed by atoms with Crippen LogP contribution in [0.3, 0.4) is 0 Å². The van der Waals surface area contributed by atoms with E-state index in [1.165, 1.54) is 4.90 Å². The molecule has 1 fully saturated rings. The summed E-state index contributed by atoms with van der Waals surface area (Å²) in [6.45, 7) is 2.75. The lowest BCUT2D eigenvalue weighted by atomic mass is 10.1. The van der Waals surface area contributed by atoms with Gasteiger partial charge in [0.1, 0.15) is 0 Å². The number of aryl methyl sites for hydroxylation is 1. The number of para-hydroxylation sites is 1. The van der Waals surface area contributed by atoms with Crippen molar-refractivity contribution in [1.29, 1.82) is 0 Å². The van der Waals surface area contributed by atoms with E-state index in [9.17, 15) is 14.7 Å². The van der Waals surface area contributed by atoms with Gasteiger partial charge in [0, 0.05) is 23.6 Å². The summed E-state index contributed by atoms with van der Waals surface area (Å²) in [6.07, 6.45) is 2.01. The van der Waals surface area contributed by atoms with E-state index in [-0.39, 0.29) is 18.9 Å². The highest BCUT2D eigenvalue weighted by Crippen LogP contribution is 2.22. The van der Waals surface area contributed by atoms with Crippen LogP contribution in [0, 0.1) is 6.92 Å². The van der Waals surface area contributed by atoms with Crippen LogP contribution in [0.25, 0.3) is 10.9 Å². The van der Waals surface area contributed by atoms with Crippen LogP contribution >= 0.6 is 0 Å². The molecule has 22 heavy (non-hydrogen) atoms. The lowest BCUT2D eigenvalue weighted by Gasteiger charge is -2.32. The van der Waals surface area contributed by atoms with Crippen LogP contribution in [-0.4, -0.2) is 52.7 Å². The maximum absolute atomic E-state index is 12.5. The summed E-state index contributed by atoms with van der Waals surface area (Å²) in [5, 5.41) is 10.2. The van der Waals surface area contributed by atoms with Gasteiger partial charge in [-0.05, 0) is 18.1 Å². The molecule has 2 aromatic rings. The molecular formula is C16H18N2O4. The molecule has 1 aliphatic heterocycles. The van der Waals surface area contributed by atoms with Crippen LogP contribution in [0.15, 0.2) is 24.4 Å². The Labute approximate surface area is 127 Å². The number of nitrogens with one attached hydrogen (secondary N) is 1. The smallest absolute Gasteiger partial charge is 0.328 e. The fourth-order valence-corrected chi connectivity index (χ4v) is 2.88. The van der Waals surface area contributed by atoms with Gasteiger partial charge in [-0.1, -0.05) is 18.2 Å². The molecular weight excluding hydrogens is 284 g/mol. The van der Waals surface area contributed by atoms with Gasteiger partial charge in [-0.15, -0.1) is 0 Å². The Morgan fingerprint density at radius 3 is 3.05 bits per heavy atom. The third-order valence-electron chi connectivity index (χ3n) is 4.09. The molecule has 6 nitrogen and oxygen atoms in total. The molecule has 1 atom stereocenters. The standard InChI is InChI=1S/C16H18N2O4/c1-10-3-2-4-12-11(8-17-15(10)12)7-14(19)18-5-6-22-9-13(18)16(20)21/h2-4,8,13,17H,5-7,9H2,1H3,(H,20,21)/t13-/m0/s1. The number of hydrogen-bond acceptors (Lipinski definition) is 3. The first-order chi connectivity index (χ1) is 10.6. The van der Waals surface area contributed by atoms with Crippen LogP contribution in [0.2, 0.25) is 0 Å². The van der Waals surface area contributed by atoms with Gasteiger partial charge in [-0.3, -0.25) is 4.79 Å². The molecule has 2 N–H and O–H groups in total. The maximum Gasteiger partial charge on any atom is 0.328 e. The zero-order chi connectivity index (χ0) is 15.7. The number of carboxylic acid groups (broad SMARTS) is 1. The number of fused-ring (bicyclic) bond motifs is 1. The number of H-pyrrole nitrogens is 1. The molecule has 1 amide bonds. The first-order valence-electron chi connectivity index (χ1n) is 7.23. The van der Waals surface area contributed by atoms with Gasteiger partial charge < -0.3 is 19.7 Å². The molecule has 1 aliphatic rings. The number of ether oxygens (including phenoxy) is 1. The Kier molecular flexibility index (Phi) is 3.85. The quantitative estimate of drug-likeness (QED) is 0.896. The van der Waals surface area contributed by atoms with Gasteiger partial charge >= 0.3 is 5.97 Å². The van der Waals surface area contributed by atoms with E-state index in [0.29, 0.717) is 13.2 Å². The lowest BCUT2D eigenvalue weighted by molar-refractivity contribution is -0.157. The number of aliphatic carboxylic acids is 1. The Hall–Kier alpha value is -2.34. The third kappa shape index (κ3) is 2.57. The van der Waals surface area contributed by atoms with E-state index in [2.05, 4.69) is 4.98 Å². The Morgan fingerprint density at radius 1 is 1.45 bits per heavy atom. The summed E-state index contributed by atoms with van der Waals surface area (Å²) in [7, 11) is 0. The molecule has 1 aromatic carbocycles.